The summed E-state index contributed by atoms with van der Waals surface area (Å²) in [7, 11) is 0. The quantitative estimate of drug-likeness (QED) is 0.674. The average molecular weight is 303 g/mol. The van der Waals surface area contributed by atoms with Crippen molar-refractivity contribution in [3.63, 3.8) is 0 Å². The first-order valence-electron chi connectivity index (χ1n) is 6.36. The number of phenolic OH excluding ortho intramolecular Hbond substituents is 1. The van der Waals surface area contributed by atoms with Crippen molar-refractivity contribution in [2.75, 3.05) is 0 Å². The number of aromatic hydroxyl groups is 1. The van der Waals surface area contributed by atoms with Crippen LogP contribution in [0.5, 0.6) is 5.75 Å². The van der Waals surface area contributed by atoms with Gasteiger partial charge >= 0.3 is 0 Å². The maximum absolute atomic E-state index is 12.0. The van der Waals surface area contributed by atoms with E-state index >= 15 is 0 Å². The number of benzene rings is 2. The number of nitrogens with zero attached hydrogens (tertiary/aromatic N) is 1. The van der Waals surface area contributed by atoms with Crippen molar-refractivity contribution in [3.05, 3.63) is 63.7 Å². The predicted octanol–water partition coefficient (Wildman–Crippen LogP) is 3.43. The minimum absolute atomic E-state index is 0.0452. The minimum atomic E-state index is -0.306. The molecule has 5 heteroatoms. The van der Waals surface area contributed by atoms with E-state index in [-0.39, 0.29) is 11.7 Å². The fraction of sp³-hybridized carbons (Fsp3) is 0.125. The SMILES string of the molecule is Cc1cc(C)cc(C(=O)N/N=C/c2cc(Cl)ccc2O)c1. The summed E-state index contributed by atoms with van der Waals surface area (Å²) in [5.41, 5.74) is 5.42. The number of aryl methyl sites for hydroxylation is 2. The number of carbonyl (C=O) groups is 1. The van der Waals surface area contributed by atoms with Crippen LogP contribution >= 0.6 is 11.6 Å². The first-order chi connectivity index (χ1) is 9.95. The summed E-state index contributed by atoms with van der Waals surface area (Å²) in [5, 5.41) is 13.9. The Kier molecular flexibility index (Phi) is 4.60. The van der Waals surface area contributed by atoms with Crippen molar-refractivity contribution >= 4 is 23.7 Å². The molecule has 2 N–H and O–H groups in total. The summed E-state index contributed by atoms with van der Waals surface area (Å²) in [5.74, 6) is -0.261. The van der Waals surface area contributed by atoms with Gasteiger partial charge in [0, 0.05) is 16.1 Å². The van der Waals surface area contributed by atoms with Gasteiger partial charge in [-0.3, -0.25) is 4.79 Å². The number of halogens is 1. The Balaban J connectivity index is 2.10. The van der Waals surface area contributed by atoms with Gasteiger partial charge in [-0.25, -0.2) is 5.43 Å². The van der Waals surface area contributed by atoms with E-state index in [0.29, 0.717) is 16.1 Å². The Labute approximate surface area is 128 Å². The molecule has 0 spiro atoms. The molecule has 2 aromatic rings. The molecule has 0 aromatic heterocycles. The van der Waals surface area contributed by atoms with E-state index in [1.807, 2.05) is 19.9 Å². The van der Waals surface area contributed by atoms with E-state index in [4.69, 9.17) is 11.6 Å². The summed E-state index contributed by atoms with van der Waals surface area (Å²) in [6, 6.07) is 10.2. The van der Waals surface area contributed by atoms with Crippen molar-refractivity contribution in [1.82, 2.24) is 5.43 Å². The highest BCUT2D eigenvalue weighted by Crippen LogP contribution is 2.19. The first kappa shape index (κ1) is 15.1. The average Bonchev–Trinajstić information content (AvgIpc) is 2.41. The summed E-state index contributed by atoms with van der Waals surface area (Å²) in [6.45, 7) is 3.86. The topological polar surface area (TPSA) is 61.7 Å². The molecule has 0 unspecified atom stereocenters. The molecule has 0 aliphatic carbocycles. The third-order valence-electron chi connectivity index (χ3n) is 2.84. The second-order valence-electron chi connectivity index (χ2n) is 4.78. The highest BCUT2D eigenvalue weighted by molar-refractivity contribution is 6.30. The van der Waals surface area contributed by atoms with E-state index in [9.17, 15) is 9.90 Å². The van der Waals surface area contributed by atoms with Gasteiger partial charge in [-0.05, 0) is 44.2 Å². The number of carbonyl (C=O) groups excluding carboxylic acids is 1. The van der Waals surface area contributed by atoms with Crippen molar-refractivity contribution in [3.8, 4) is 5.75 Å². The second kappa shape index (κ2) is 6.41. The molecule has 0 atom stereocenters. The first-order valence-corrected chi connectivity index (χ1v) is 6.74. The van der Waals surface area contributed by atoms with Gasteiger partial charge in [0.15, 0.2) is 0 Å². The lowest BCUT2D eigenvalue weighted by Gasteiger charge is -2.03. The monoisotopic (exact) mass is 302 g/mol. The number of hydrazone groups is 1. The number of hydrogen-bond donors (Lipinski definition) is 2. The summed E-state index contributed by atoms with van der Waals surface area (Å²) in [6.07, 6.45) is 1.35. The van der Waals surface area contributed by atoms with E-state index in [0.717, 1.165) is 11.1 Å². The van der Waals surface area contributed by atoms with Gasteiger partial charge in [-0.1, -0.05) is 28.8 Å². The Morgan fingerprint density at radius 2 is 1.86 bits per heavy atom. The van der Waals surface area contributed by atoms with E-state index in [1.165, 1.54) is 12.3 Å². The van der Waals surface area contributed by atoms with Gasteiger partial charge in [0.1, 0.15) is 5.75 Å². The summed E-state index contributed by atoms with van der Waals surface area (Å²) >= 11 is 5.83. The zero-order valence-electron chi connectivity index (χ0n) is 11.7. The smallest absolute Gasteiger partial charge is 0.271 e. The highest BCUT2D eigenvalue weighted by Gasteiger charge is 2.05. The highest BCUT2D eigenvalue weighted by atomic mass is 35.5. The predicted molar refractivity (Wildman–Crippen MR) is 84.1 cm³/mol. The van der Waals surface area contributed by atoms with Gasteiger partial charge in [-0.15, -0.1) is 0 Å². The van der Waals surface area contributed by atoms with Crippen molar-refractivity contribution in [1.29, 1.82) is 0 Å². The zero-order valence-corrected chi connectivity index (χ0v) is 12.5. The number of nitrogens with one attached hydrogen (secondary N) is 1. The van der Waals surface area contributed by atoms with Gasteiger partial charge in [0.25, 0.3) is 5.91 Å². The molecule has 0 saturated heterocycles. The second-order valence-corrected chi connectivity index (χ2v) is 5.22. The van der Waals surface area contributed by atoms with Crippen LogP contribution in [0.15, 0.2) is 41.5 Å². The Bertz CT molecular complexity index is 691. The molecule has 0 aliphatic heterocycles. The molecule has 2 rings (SSSR count). The maximum atomic E-state index is 12.0. The molecule has 0 fully saturated rings. The van der Waals surface area contributed by atoms with Crippen LogP contribution in [0.25, 0.3) is 0 Å². The third kappa shape index (κ3) is 4.07. The maximum Gasteiger partial charge on any atom is 0.271 e. The van der Waals surface area contributed by atoms with Crippen LogP contribution in [0.3, 0.4) is 0 Å². The fourth-order valence-electron chi connectivity index (χ4n) is 1.96. The van der Waals surface area contributed by atoms with Crippen LogP contribution in [0.2, 0.25) is 5.02 Å². The molecule has 2 aromatic carbocycles. The molecule has 0 aliphatic rings. The largest absolute Gasteiger partial charge is 0.507 e. The van der Waals surface area contributed by atoms with Crippen molar-refractivity contribution < 1.29 is 9.90 Å². The van der Waals surface area contributed by atoms with Crippen LogP contribution in [0.1, 0.15) is 27.0 Å². The van der Waals surface area contributed by atoms with Crippen LogP contribution in [0.4, 0.5) is 0 Å². The lowest BCUT2D eigenvalue weighted by atomic mass is 10.1. The Morgan fingerprint density at radius 1 is 1.19 bits per heavy atom. The molecule has 108 valence electrons. The normalized spacial score (nSPS) is 10.8. The molecular formula is C16H15ClN2O2. The van der Waals surface area contributed by atoms with Gasteiger partial charge in [0.2, 0.25) is 0 Å². The number of amides is 1. The van der Waals surface area contributed by atoms with Crippen LogP contribution < -0.4 is 5.43 Å². The minimum Gasteiger partial charge on any atom is -0.507 e. The molecule has 0 heterocycles. The standard InChI is InChI=1S/C16H15ClN2O2/c1-10-5-11(2)7-12(6-10)16(21)19-18-9-13-8-14(17)3-4-15(13)20/h3-9,20H,1-2H3,(H,19,21)/b18-9+. The van der Waals surface area contributed by atoms with E-state index in [1.54, 1.807) is 24.3 Å². The fourth-order valence-corrected chi connectivity index (χ4v) is 2.14. The number of rotatable bonds is 3. The van der Waals surface area contributed by atoms with Gasteiger partial charge in [0.05, 0.1) is 6.21 Å². The molecule has 0 saturated carbocycles. The van der Waals surface area contributed by atoms with E-state index in [2.05, 4.69) is 10.5 Å². The number of phenols is 1. The molecular weight excluding hydrogens is 288 g/mol. The van der Waals surface area contributed by atoms with E-state index < -0.39 is 0 Å². The zero-order chi connectivity index (χ0) is 15.4. The number of hydrogen-bond acceptors (Lipinski definition) is 3. The summed E-state index contributed by atoms with van der Waals surface area (Å²) in [4.78, 5) is 12.0. The van der Waals surface area contributed by atoms with Gasteiger partial charge in [-0.2, -0.15) is 5.10 Å². The lowest BCUT2D eigenvalue weighted by Crippen LogP contribution is -2.17. The molecule has 0 bridgehead atoms. The van der Waals surface area contributed by atoms with Gasteiger partial charge < -0.3 is 5.11 Å². The lowest BCUT2D eigenvalue weighted by molar-refractivity contribution is 0.0955. The van der Waals surface area contributed by atoms with Crippen molar-refractivity contribution in [2.45, 2.75) is 13.8 Å². The Morgan fingerprint density at radius 3 is 2.52 bits per heavy atom. The molecule has 4 nitrogen and oxygen atoms in total. The molecule has 0 radical (unpaired) electrons. The Hall–Kier alpha value is -2.33. The third-order valence-corrected chi connectivity index (χ3v) is 3.08. The molecule has 21 heavy (non-hydrogen) atoms. The van der Waals surface area contributed by atoms with Crippen LogP contribution in [-0.2, 0) is 0 Å². The van der Waals surface area contributed by atoms with Crippen LogP contribution in [-0.4, -0.2) is 17.2 Å². The summed E-state index contributed by atoms with van der Waals surface area (Å²) < 4.78 is 0. The molecule has 1 amide bonds. The van der Waals surface area contributed by atoms with Crippen LogP contribution in [0, 0.1) is 13.8 Å². The van der Waals surface area contributed by atoms with Crippen molar-refractivity contribution in [2.24, 2.45) is 5.10 Å².